The van der Waals surface area contributed by atoms with Gasteiger partial charge in [0.15, 0.2) is 5.11 Å². The third-order valence-corrected chi connectivity index (χ3v) is 6.52. The zero-order valence-electron chi connectivity index (χ0n) is 18.8. The monoisotopic (exact) mass is 479 g/mol. The van der Waals surface area contributed by atoms with Gasteiger partial charge in [0, 0.05) is 17.5 Å². The molecule has 8 heteroatoms. The fraction of sp³-hybridized carbons (Fsp3) is 0.200. The lowest BCUT2D eigenvalue weighted by Gasteiger charge is -2.37. The van der Waals surface area contributed by atoms with Crippen LogP contribution in [-0.4, -0.2) is 25.2 Å². The van der Waals surface area contributed by atoms with E-state index in [1.807, 2.05) is 59.8 Å². The fourth-order valence-corrected chi connectivity index (χ4v) is 4.94. The molecular weight excluding hydrogens is 454 g/mol. The molecule has 1 atom stereocenters. The van der Waals surface area contributed by atoms with Gasteiger partial charge < -0.3 is 20.1 Å². The Kier molecular flexibility index (Phi) is 6.67. The molecule has 1 unspecified atom stereocenters. The number of ether oxygens (including phenoxy) is 2. The molecule has 4 rings (SSSR count). The van der Waals surface area contributed by atoms with Crippen LogP contribution in [0.3, 0.4) is 0 Å². The molecule has 0 fully saturated rings. The van der Waals surface area contributed by atoms with Crippen molar-refractivity contribution in [2.45, 2.75) is 19.9 Å². The molecule has 1 aliphatic heterocycles. The van der Waals surface area contributed by atoms with E-state index in [1.54, 1.807) is 43.8 Å². The minimum Gasteiger partial charge on any atom is -0.497 e. The summed E-state index contributed by atoms with van der Waals surface area (Å²) in [5.41, 5.74) is 4.91. The lowest BCUT2D eigenvalue weighted by atomic mass is 9.95. The highest BCUT2D eigenvalue weighted by Crippen LogP contribution is 2.36. The maximum absolute atomic E-state index is 13.7. The average molecular weight is 480 g/mol. The molecule has 0 radical (unpaired) electrons. The number of thiophene rings is 1. The van der Waals surface area contributed by atoms with Crippen molar-refractivity contribution in [2.75, 3.05) is 24.4 Å². The Labute approximate surface area is 202 Å². The highest BCUT2D eigenvalue weighted by molar-refractivity contribution is 7.80. The fourth-order valence-electron chi connectivity index (χ4n) is 3.90. The number of allylic oxidation sites excluding steroid dienone is 1. The van der Waals surface area contributed by atoms with Gasteiger partial charge in [0.2, 0.25) is 0 Å². The molecule has 33 heavy (non-hydrogen) atoms. The van der Waals surface area contributed by atoms with E-state index in [0.29, 0.717) is 27.9 Å². The van der Waals surface area contributed by atoms with Gasteiger partial charge in [-0.3, -0.25) is 9.69 Å². The smallest absolute Gasteiger partial charge is 0.255 e. The summed E-state index contributed by atoms with van der Waals surface area (Å²) in [6, 6.07) is 15.0. The summed E-state index contributed by atoms with van der Waals surface area (Å²) in [5, 5.41) is 11.0. The summed E-state index contributed by atoms with van der Waals surface area (Å²) in [6.45, 7) is 3.95. The molecule has 6 nitrogen and oxygen atoms in total. The highest BCUT2D eigenvalue weighted by atomic mass is 32.1. The van der Waals surface area contributed by atoms with Gasteiger partial charge in [-0.15, -0.1) is 0 Å². The van der Waals surface area contributed by atoms with Gasteiger partial charge in [-0.25, -0.2) is 0 Å². The predicted octanol–water partition coefficient (Wildman–Crippen LogP) is 5.42. The van der Waals surface area contributed by atoms with E-state index in [2.05, 4.69) is 10.6 Å². The Balaban J connectivity index is 1.78. The minimum absolute atomic E-state index is 0.236. The second kappa shape index (κ2) is 9.64. The number of aryl methyl sites for hydroxylation is 1. The number of nitrogens with zero attached hydrogens (tertiary/aromatic N) is 1. The Morgan fingerprint density at radius 2 is 1.94 bits per heavy atom. The van der Waals surface area contributed by atoms with Crippen LogP contribution < -0.4 is 25.0 Å². The van der Waals surface area contributed by atoms with Crippen molar-refractivity contribution < 1.29 is 14.3 Å². The number of anilines is 2. The summed E-state index contributed by atoms with van der Waals surface area (Å²) in [7, 11) is 3.15. The summed E-state index contributed by atoms with van der Waals surface area (Å²) < 4.78 is 10.7. The van der Waals surface area contributed by atoms with Crippen molar-refractivity contribution in [3.8, 4) is 11.5 Å². The second-order valence-corrected chi connectivity index (χ2v) is 8.80. The number of benzene rings is 2. The Hall–Kier alpha value is -3.36. The van der Waals surface area contributed by atoms with Crippen LogP contribution in [-0.2, 0) is 4.79 Å². The van der Waals surface area contributed by atoms with Crippen molar-refractivity contribution >= 4 is 45.9 Å². The van der Waals surface area contributed by atoms with Gasteiger partial charge in [-0.1, -0.05) is 12.1 Å². The number of amides is 1. The highest BCUT2D eigenvalue weighted by Gasteiger charge is 2.35. The first-order valence-corrected chi connectivity index (χ1v) is 11.7. The molecule has 0 spiro atoms. The quantitative estimate of drug-likeness (QED) is 0.460. The number of carbonyl (C=O) groups is 1. The third kappa shape index (κ3) is 4.58. The van der Waals surface area contributed by atoms with E-state index in [9.17, 15) is 4.79 Å². The van der Waals surface area contributed by atoms with Crippen LogP contribution in [0.1, 0.15) is 24.1 Å². The molecule has 3 aromatic rings. The first-order chi connectivity index (χ1) is 15.9. The van der Waals surface area contributed by atoms with E-state index in [1.165, 1.54) is 0 Å². The molecule has 2 N–H and O–H groups in total. The number of rotatable bonds is 6. The summed E-state index contributed by atoms with van der Waals surface area (Å²) >= 11 is 7.31. The number of carbonyl (C=O) groups excluding carboxylic acids is 1. The molecule has 0 bridgehead atoms. The molecule has 2 aromatic carbocycles. The van der Waals surface area contributed by atoms with Crippen LogP contribution in [0.25, 0.3) is 0 Å². The molecule has 170 valence electrons. The number of hydrogen-bond acceptors (Lipinski definition) is 5. The standard InChI is InChI=1S/C25H25N3O3S2/c1-15-6-5-7-18(12-15)28-16(2)22(23(27-25(28)32)17-10-11-33-14-17)24(29)26-20-9-8-19(30-3)13-21(20)31-4/h5-14,23H,1-4H3,(H,26,29)(H,27,32). The number of thiocarbonyl (C=S) groups is 1. The maximum Gasteiger partial charge on any atom is 0.255 e. The van der Waals surface area contributed by atoms with Crippen LogP contribution in [0.5, 0.6) is 11.5 Å². The lowest BCUT2D eigenvalue weighted by molar-refractivity contribution is -0.113. The zero-order valence-corrected chi connectivity index (χ0v) is 20.5. The average Bonchev–Trinajstić information content (AvgIpc) is 3.34. The zero-order chi connectivity index (χ0) is 23.5. The van der Waals surface area contributed by atoms with Crippen molar-refractivity contribution in [3.05, 3.63) is 81.7 Å². The minimum atomic E-state index is -0.367. The van der Waals surface area contributed by atoms with Crippen LogP contribution in [0.4, 0.5) is 11.4 Å². The van der Waals surface area contributed by atoms with Gasteiger partial charge in [0.25, 0.3) is 5.91 Å². The first-order valence-electron chi connectivity index (χ1n) is 10.4. The molecule has 0 saturated heterocycles. The molecule has 1 aliphatic rings. The van der Waals surface area contributed by atoms with Crippen LogP contribution >= 0.6 is 23.6 Å². The van der Waals surface area contributed by atoms with Gasteiger partial charge in [0.05, 0.1) is 31.5 Å². The van der Waals surface area contributed by atoms with Gasteiger partial charge >= 0.3 is 0 Å². The van der Waals surface area contributed by atoms with E-state index in [-0.39, 0.29) is 11.9 Å². The summed E-state index contributed by atoms with van der Waals surface area (Å²) in [5.74, 6) is 0.925. The largest absolute Gasteiger partial charge is 0.497 e. The van der Waals surface area contributed by atoms with Crippen molar-refractivity contribution in [1.82, 2.24) is 5.32 Å². The third-order valence-electron chi connectivity index (χ3n) is 5.52. The van der Waals surface area contributed by atoms with E-state index < -0.39 is 0 Å². The number of methoxy groups -OCH3 is 2. The van der Waals surface area contributed by atoms with Gasteiger partial charge in [0.1, 0.15) is 11.5 Å². The van der Waals surface area contributed by atoms with Crippen LogP contribution in [0.15, 0.2) is 70.6 Å². The van der Waals surface area contributed by atoms with E-state index in [4.69, 9.17) is 21.7 Å². The Morgan fingerprint density at radius 3 is 2.61 bits per heavy atom. The predicted molar refractivity (Wildman–Crippen MR) is 137 cm³/mol. The molecule has 2 heterocycles. The maximum atomic E-state index is 13.7. The number of nitrogens with one attached hydrogen (secondary N) is 2. The summed E-state index contributed by atoms with van der Waals surface area (Å²) in [6.07, 6.45) is 0. The molecule has 0 saturated carbocycles. The van der Waals surface area contributed by atoms with Gasteiger partial charge in [-0.05, 0) is 78.3 Å². The van der Waals surface area contributed by atoms with Crippen LogP contribution in [0, 0.1) is 6.92 Å². The lowest BCUT2D eigenvalue weighted by Crippen LogP contribution is -2.48. The Morgan fingerprint density at radius 1 is 1.12 bits per heavy atom. The normalized spacial score (nSPS) is 15.8. The van der Waals surface area contributed by atoms with Crippen molar-refractivity contribution in [3.63, 3.8) is 0 Å². The SMILES string of the molecule is COc1ccc(NC(=O)C2=C(C)N(c3cccc(C)c3)C(=S)NC2c2ccsc2)c(OC)c1. The van der Waals surface area contributed by atoms with Crippen molar-refractivity contribution in [2.24, 2.45) is 0 Å². The van der Waals surface area contributed by atoms with Gasteiger partial charge in [-0.2, -0.15) is 11.3 Å². The first kappa shape index (κ1) is 22.8. The Bertz CT molecular complexity index is 1220. The number of hydrogen-bond donors (Lipinski definition) is 2. The topological polar surface area (TPSA) is 62.8 Å². The molecular formula is C25H25N3O3S2. The van der Waals surface area contributed by atoms with Crippen molar-refractivity contribution in [1.29, 1.82) is 0 Å². The summed E-state index contributed by atoms with van der Waals surface area (Å²) in [4.78, 5) is 15.6. The van der Waals surface area contributed by atoms with E-state index in [0.717, 1.165) is 22.5 Å². The molecule has 1 aromatic heterocycles. The molecule has 0 aliphatic carbocycles. The van der Waals surface area contributed by atoms with E-state index >= 15 is 0 Å². The molecule has 1 amide bonds. The van der Waals surface area contributed by atoms with Crippen LogP contribution in [0.2, 0.25) is 0 Å². The second-order valence-electron chi connectivity index (χ2n) is 7.63.